The predicted molar refractivity (Wildman–Crippen MR) is 160 cm³/mol. The first-order valence-electron chi connectivity index (χ1n) is 13.0. The Morgan fingerprint density at radius 2 is 1.34 bits per heavy atom. The number of benzene rings is 2. The molecule has 0 atom stereocenters. The summed E-state index contributed by atoms with van der Waals surface area (Å²) >= 11 is 0. The molecule has 2 aromatic carbocycles. The Morgan fingerprint density at radius 3 is 1.97 bits per heavy atom. The minimum Gasteiger partial charge on any atom is -0.465 e. The Hall–Kier alpha value is -4.43. The summed E-state index contributed by atoms with van der Waals surface area (Å²) in [6, 6.07) is 20.3. The molecule has 0 aromatic heterocycles. The van der Waals surface area contributed by atoms with E-state index < -0.39 is 0 Å². The molecule has 0 N–H and O–H groups in total. The fourth-order valence-electron chi connectivity index (χ4n) is 4.43. The van der Waals surface area contributed by atoms with Crippen LogP contribution in [0.25, 0.3) is 12.2 Å². The molecule has 2 aliphatic rings. The minimum atomic E-state index is -0.357. The second kappa shape index (κ2) is 12.7. The SMILES string of the molecule is COC(=O)C1=C2C(/C=C/c3ccccc3)=CC=C(C(C)C)C=C2C(C)=CC=C1/C=C/C=C/c1ccccc1. The highest BCUT2D eigenvalue weighted by Crippen LogP contribution is 2.39. The van der Waals surface area contributed by atoms with Crippen LogP contribution in [0.4, 0.5) is 0 Å². The second-order valence-electron chi connectivity index (χ2n) is 9.59. The van der Waals surface area contributed by atoms with Crippen molar-refractivity contribution in [3.8, 4) is 0 Å². The van der Waals surface area contributed by atoms with Gasteiger partial charge in [-0.15, -0.1) is 0 Å². The zero-order chi connectivity index (χ0) is 26.9. The molecule has 0 spiro atoms. The molecule has 0 aliphatic heterocycles. The maximum atomic E-state index is 13.4. The van der Waals surface area contributed by atoms with E-state index in [0.29, 0.717) is 11.5 Å². The van der Waals surface area contributed by atoms with Gasteiger partial charge in [-0.2, -0.15) is 0 Å². The van der Waals surface area contributed by atoms with Gasteiger partial charge in [-0.3, -0.25) is 0 Å². The first-order chi connectivity index (χ1) is 18.5. The van der Waals surface area contributed by atoms with E-state index in [1.54, 1.807) is 0 Å². The van der Waals surface area contributed by atoms with Crippen LogP contribution in [0.2, 0.25) is 0 Å². The molecule has 2 aliphatic carbocycles. The van der Waals surface area contributed by atoms with Crippen LogP contribution in [0, 0.1) is 5.92 Å². The lowest BCUT2D eigenvalue weighted by Gasteiger charge is -2.18. The van der Waals surface area contributed by atoms with E-state index in [2.05, 4.69) is 81.5 Å². The average Bonchev–Trinajstić information content (AvgIpc) is 3.21. The number of ether oxygens (including phenoxy) is 1. The lowest BCUT2D eigenvalue weighted by atomic mass is 9.86. The molecular formula is C36H34O2. The maximum Gasteiger partial charge on any atom is 0.339 e. The average molecular weight is 499 g/mol. The van der Waals surface area contributed by atoms with E-state index in [0.717, 1.165) is 39.0 Å². The molecule has 0 saturated carbocycles. The maximum absolute atomic E-state index is 13.4. The third-order valence-corrected chi connectivity index (χ3v) is 6.59. The molecular weight excluding hydrogens is 464 g/mol. The van der Waals surface area contributed by atoms with Crippen LogP contribution in [0.3, 0.4) is 0 Å². The van der Waals surface area contributed by atoms with Gasteiger partial charge < -0.3 is 4.74 Å². The first kappa shape index (κ1) is 26.6. The number of esters is 1. The molecule has 0 saturated heterocycles. The number of hydrogen-bond acceptors (Lipinski definition) is 2. The molecule has 190 valence electrons. The number of rotatable bonds is 7. The highest BCUT2D eigenvalue weighted by molar-refractivity contribution is 5.99. The Kier molecular flexibility index (Phi) is 8.89. The van der Waals surface area contributed by atoms with Crippen molar-refractivity contribution in [3.05, 3.63) is 165 Å². The zero-order valence-corrected chi connectivity index (χ0v) is 22.5. The van der Waals surface area contributed by atoms with Gasteiger partial charge in [-0.05, 0) is 51.8 Å². The molecule has 0 unspecified atom stereocenters. The quantitative estimate of drug-likeness (QED) is 0.282. The summed E-state index contributed by atoms with van der Waals surface area (Å²) in [5.74, 6) is -0.0190. The van der Waals surface area contributed by atoms with Gasteiger partial charge in [0.2, 0.25) is 0 Å². The van der Waals surface area contributed by atoms with E-state index in [9.17, 15) is 4.79 Å². The largest absolute Gasteiger partial charge is 0.465 e. The van der Waals surface area contributed by atoms with Crippen LogP contribution >= 0.6 is 0 Å². The Morgan fingerprint density at radius 1 is 0.737 bits per heavy atom. The summed E-state index contributed by atoms with van der Waals surface area (Å²) in [5, 5.41) is 0. The van der Waals surface area contributed by atoms with Gasteiger partial charge in [0.1, 0.15) is 0 Å². The van der Waals surface area contributed by atoms with Crippen LogP contribution in [-0.4, -0.2) is 13.1 Å². The highest BCUT2D eigenvalue weighted by atomic mass is 16.5. The van der Waals surface area contributed by atoms with Gasteiger partial charge in [0, 0.05) is 5.57 Å². The molecule has 2 aromatic rings. The normalized spacial score (nSPS) is 16.1. The van der Waals surface area contributed by atoms with Gasteiger partial charge in [-0.1, -0.05) is 141 Å². The summed E-state index contributed by atoms with van der Waals surface area (Å²) in [4.78, 5) is 13.4. The standard InChI is InChI=1S/C36H34O2/c1-26(2)32-24-23-31(22-20-29-15-9-6-10-16-29)34-33(25-32)27(3)19-21-30(35(34)36(37)38-4)18-12-11-17-28-13-7-5-8-14-28/h5-26H,1-4H3/b17-11+,18-12+,22-20+. The van der Waals surface area contributed by atoms with Crippen molar-refractivity contribution in [2.24, 2.45) is 5.92 Å². The highest BCUT2D eigenvalue weighted by Gasteiger charge is 2.27. The molecule has 38 heavy (non-hydrogen) atoms. The van der Waals surface area contributed by atoms with Gasteiger partial charge in [0.15, 0.2) is 0 Å². The fourth-order valence-corrected chi connectivity index (χ4v) is 4.43. The van der Waals surface area contributed by atoms with Crippen molar-refractivity contribution in [2.45, 2.75) is 20.8 Å². The third-order valence-electron chi connectivity index (χ3n) is 6.59. The Balaban J connectivity index is 1.87. The van der Waals surface area contributed by atoms with Crippen molar-refractivity contribution in [1.29, 1.82) is 0 Å². The van der Waals surface area contributed by atoms with Gasteiger partial charge in [0.25, 0.3) is 0 Å². The fraction of sp³-hybridized carbons (Fsp3) is 0.139. The summed E-state index contributed by atoms with van der Waals surface area (Å²) in [5.41, 5.74) is 8.75. The summed E-state index contributed by atoms with van der Waals surface area (Å²) in [7, 11) is 1.44. The van der Waals surface area contributed by atoms with Crippen LogP contribution < -0.4 is 0 Å². The van der Waals surface area contributed by atoms with Crippen molar-refractivity contribution >= 4 is 18.1 Å². The molecule has 2 nitrogen and oxygen atoms in total. The number of allylic oxidation sites excluding steroid dienone is 14. The molecule has 2 heteroatoms. The molecule has 4 rings (SSSR count). The van der Waals surface area contributed by atoms with Crippen molar-refractivity contribution in [3.63, 3.8) is 0 Å². The van der Waals surface area contributed by atoms with Crippen LogP contribution in [-0.2, 0) is 9.53 Å². The molecule has 0 radical (unpaired) electrons. The molecule has 0 fully saturated rings. The lowest BCUT2D eigenvalue weighted by molar-refractivity contribution is -0.135. The van der Waals surface area contributed by atoms with Crippen LogP contribution in [0.5, 0.6) is 0 Å². The van der Waals surface area contributed by atoms with E-state index >= 15 is 0 Å². The molecule has 0 bridgehead atoms. The van der Waals surface area contributed by atoms with Crippen LogP contribution in [0.1, 0.15) is 31.9 Å². The third kappa shape index (κ3) is 6.46. The summed E-state index contributed by atoms with van der Waals surface area (Å²) < 4.78 is 5.35. The Bertz CT molecular complexity index is 1450. The van der Waals surface area contributed by atoms with Gasteiger partial charge >= 0.3 is 5.97 Å². The van der Waals surface area contributed by atoms with Gasteiger partial charge in [-0.25, -0.2) is 4.79 Å². The van der Waals surface area contributed by atoms with E-state index in [-0.39, 0.29) is 5.97 Å². The minimum absolute atomic E-state index is 0.338. The Labute approximate surface area is 226 Å². The number of carbonyl (C=O) groups is 1. The first-order valence-corrected chi connectivity index (χ1v) is 13.0. The smallest absolute Gasteiger partial charge is 0.339 e. The number of fused-ring (bicyclic) bond motifs is 1. The lowest BCUT2D eigenvalue weighted by Crippen LogP contribution is -2.11. The predicted octanol–water partition coefficient (Wildman–Crippen LogP) is 8.77. The van der Waals surface area contributed by atoms with Crippen molar-refractivity contribution in [2.75, 3.05) is 7.11 Å². The monoisotopic (exact) mass is 498 g/mol. The number of carbonyl (C=O) groups excluding carboxylic acids is 1. The summed E-state index contributed by atoms with van der Waals surface area (Å²) in [6.07, 6.45) is 22.8. The molecule has 0 amide bonds. The van der Waals surface area contributed by atoms with Gasteiger partial charge in [0.05, 0.1) is 12.7 Å². The van der Waals surface area contributed by atoms with E-state index in [4.69, 9.17) is 4.74 Å². The molecule has 0 heterocycles. The van der Waals surface area contributed by atoms with Crippen LogP contribution in [0.15, 0.2) is 154 Å². The van der Waals surface area contributed by atoms with Crippen molar-refractivity contribution in [1.82, 2.24) is 0 Å². The number of methoxy groups -OCH3 is 1. The zero-order valence-electron chi connectivity index (χ0n) is 22.5. The van der Waals surface area contributed by atoms with E-state index in [1.165, 1.54) is 12.7 Å². The van der Waals surface area contributed by atoms with E-state index in [1.807, 2.05) is 66.8 Å². The van der Waals surface area contributed by atoms with Crippen molar-refractivity contribution < 1.29 is 9.53 Å². The number of hydrogen-bond donors (Lipinski definition) is 0. The summed E-state index contributed by atoms with van der Waals surface area (Å²) in [6.45, 7) is 6.47. The second-order valence-corrected chi connectivity index (χ2v) is 9.59. The topological polar surface area (TPSA) is 26.3 Å².